The van der Waals surface area contributed by atoms with Crippen LogP contribution >= 0.6 is 0 Å². The maximum Gasteiger partial charge on any atom is 0.460 e. The van der Waals surface area contributed by atoms with Crippen LogP contribution in [0.3, 0.4) is 0 Å². The molecule has 0 bridgehead atoms. The van der Waals surface area contributed by atoms with E-state index in [2.05, 4.69) is 0 Å². The Hall–Kier alpha value is -2.28. The fourth-order valence-electron chi connectivity index (χ4n) is 2.62. The number of hydrogen-bond acceptors (Lipinski definition) is 9. The molecule has 64 heavy (non-hydrogen) atoms. The van der Waals surface area contributed by atoms with Crippen molar-refractivity contribution in [2.45, 2.75) is 110 Å². The lowest BCUT2D eigenvalue weighted by molar-refractivity contribution is -0.396. The zero-order valence-corrected chi connectivity index (χ0v) is 32.1. The third-order valence-corrected chi connectivity index (χ3v) is 8.56. The summed E-state index contributed by atoms with van der Waals surface area (Å²) in [5.41, 5.74) is 0. The first-order chi connectivity index (χ1) is 27.1. The van der Waals surface area contributed by atoms with E-state index in [-0.39, 0.29) is 6.61 Å². The highest BCUT2D eigenvalue weighted by Gasteiger charge is 2.83. The van der Waals surface area contributed by atoms with Gasteiger partial charge in [-0.3, -0.25) is 13.7 Å². The molecule has 0 saturated heterocycles. The minimum absolute atomic E-state index is 0.377. The highest BCUT2D eigenvalue weighted by Crippen LogP contribution is 2.56. The average Bonchev–Trinajstić information content (AvgIpc) is 3.03. The summed E-state index contributed by atoms with van der Waals surface area (Å²) >= 11 is 0. The van der Waals surface area contributed by atoms with E-state index in [9.17, 15) is 144 Å². The molecule has 0 aromatic rings. The van der Waals surface area contributed by atoms with Crippen LogP contribution in [0, 0.1) is 0 Å². The molecule has 0 radical (unpaired) electrons. The van der Waals surface area contributed by atoms with Gasteiger partial charge in [0.25, 0.3) is 30.4 Å². The van der Waals surface area contributed by atoms with Crippen LogP contribution in [0.25, 0.3) is 0 Å². The molecule has 0 spiro atoms. The van der Waals surface area contributed by atoms with Gasteiger partial charge >= 0.3 is 71.8 Å². The van der Waals surface area contributed by atoms with Crippen molar-refractivity contribution in [3.05, 3.63) is 0 Å². The van der Waals surface area contributed by atoms with Gasteiger partial charge in [-0.05, 0) is 6.92 Å². The lowest BCUT2D eigenvalue weighted by Gasteiger charge is -2.33. The number of alkyl halides is 27. The monoisotopic (exact) mass is 1090 g/mol. The Labute approximate surface area is 337 Å². The van der Waals surface area contributed by atoms with E-state index in [0.717, 1.165) is 0 Å². The Kier molecular flexibility index (Phi) is 22.8. The average molecular weight is 1090 g/mol. The van der Waals surface area contributed by atoms with Gasteiger partial charge in [0.15, 0.2) is 0 Å². The molecule has 0 heterocycles. The van der Waals surface area contributed by atoms with Crippen LogP contribution in [-0.4, -0.2) is 162 Å². The molecule has 0 fully saturated rings. The zero-order chi connectivity index (χ0) is 53.6. The second kappa shape index (κ2) is 21.3. The minimum Gasteiger partial charge on any atom is -0.394 e. The Morgan fingerprint density at radius 1 is 0.359 bits per heavy atom. The molecule has 0 rings (SSSR count). The normalized spacial score (nSPS) is 16.0. The maximum absolute atomic E-state index is 12.7. The van der Waals surface area contributed by atoms with Gasteiger partial charge in [0, 0.05) is 19.3 Å². The van der Waals surface area contributed by atoms with Gasteiger partial charge < -0.3 is 15.3 Å². The Bertz CT molecular complexity index is 1600. The van der Waals surface area contributed by atoms with Crippen molar-refractivity contribution in [3.63, 3.8) is 0 Å². The molecule has 0 aromatic carbocycles. The van der Waals surface area contributed by atoms with Crippen LogP contribution in [0.15, 0.2) is 0 Å². The van der Waals surface area contributed by atoms with Crippen LogP contribution in [-0.2, 0) is 30.4 Å². The topological polar surface area (TPSA) is 224 Å². The molecule has 0 aromatic heterocycles. The SMILES string of the molecule is CC(O)C(O)CO.O=S(=O)(O)CCC(F)(F)C(F)(F)C(F)(F)C(F)(F)F.O=S(=O)(O)CCC(F)(F)C(F)(F)C(F)(F)C(F)(F)F.O=S(=O)(O)CCC(F)(F)C(F)(F)C(F)(F)C(F)(F)F. The molecule has 2 atom stereocenters. The van der Waals surface area contributed by atoms with Crippen molar-refractivity contribution in [1.29, 1.82) is 0 Å². The van der Waals surface area contributed by atoms with E-state index in [4.69, 9.17) is 29.0 Å². The quantitative estimate of drug-likeness (QED) is 0.0646. The lowest BCUT2D eigenvalue weighted by atomic mass is 10.0. The number of hydrogen-bond donors (Lipinski definition) is 6. The van der Waals surface area contributed by atoms with E-state index < -0.39 is 151 Å². The number of rotatable bonds is 17. The molecule has 0 saturated carbocycles. The van der Waals surface area contributed by atoms with Crippen molar-refractivity contribution in [2.24, 2.45) is 0 Å². The van der Waals surface area contributed by atoms with Crippen LogP contribution in [0.2, 0.25) is 0 Å². The van der Waals surface area contributed by atoms with Gasteiger partial charge in [-0.2, -0.15) is 144 Å². The van der Waals surface area contributed by atoms with Gasteiger partial charge in [0.1, 0.15) is 6.10 Å². The smallest absolute Gasteiger partial charge is 0.394 e. The summed E-state index contributed by atoms with van der Waals surface area (Å²) in [6.45, 7) is 1.04. The van der Waals surface area contributed by atoms with Gasteiger partial charge in [-0.25, -0.2) is 0 Å². The third-order valence-electron chi connectivity index (χ3n) is 6.40. The highest BCUT2D eigenvalue weighted by atomic mass is 32.2. The number of aliphatic hydroxyl groups is 3. The number of halogens is 27. The standard InChI is InChI=1S/3C6H5F9O3S.C4H10O3/c3*7-3(8,1-2-19(16,17)18)4(9,10)5(11,12)6(13,14)15;1-3(6)4(7)2-5/h3*1-2H2,(H,16,17,18);3-7H,2H2,1H3. The summed E-state index contributed by atoms with van der Waals surface area (Å²) in [7, 11) is -15.7. The van der Waals surface area contributed by atoms with Crippen molar-refractivity contribution in [1.82, 2.24) is 0 Å². The van der Waals surface area contributed by atoms with Gasteiger partial charge in [-0.15, -0.1) is 0 Å². The van der Waals surface area contributed by atoms with Crippen molar-refractivity contribution in [2.75, 3.05) is 23.9 Å². The van der Waals surface area contributed by atoms with Gasteiger partial charge in [0.2, 0.25) is 0 Å². The van der Waals surface area contributed by atoms with Crippen molar-refractivity contribution in [3.8, 4) is 0 Å². The third kappa shape index (κ3) is 18.4. The first-order valence-corrected chi connectivity index (χ1v) is 19.3. The Morgan fingerprint density at radius 3 is 0.594 bits per heavy atom. The zero-order valence-electron chi connectivity index (χ0n) is 29.7. The summed E-state index contributed by atoms with van der Waals surface area (Å²) < 4.78 is 413. The van der Waals surface area contributed by atoms with Crippen LogP contribution in [0.1, 0.15) is 26.2 Å². The molecule has 0 amide bonds. The molecular formula is C22H25F27O12S3. The van der Waals surface area contributed by atoms with Crippen molar-refractivity contribution >= 4 is 30.4 Å². The summed E-state index contributed by atoms with van der Waals surface area (Å²) in [5, 5.41) is 24.9. The lowest BCUT2D eigenvalue weighted by Crippen LogP contribution is -2.61. The van der Waals surface area contributed by atoms with E-state index in [1.54, 1.807) is 0 Å². The molecule has 12 nitrogen and oxygen atoms in total. The predicted octanol–water partition coefficient (Wildman–Crippen LogP) is 6.92. The molecule has 6 N–H and O–H groups in total. The molecule has 2 unspecified atom stereocenters. The Balaban J connectivity index is -0.000000392. The summed E-state index contributed by atoms with van der Waals surface area (Å²) in [4.78, 5) is 0. The highest BCUT2D eigenvalue weighted by molar-refractivity contribution is 7.86. The maximum atomic E-state index is 12.7. The van der Waals surface area contributed by atoms with E-state index >= 15 is 0 Å². The van der Waals surface area contributed by atoms with Crippen LogP contribution in [0.4, 0.5) is 119 Å². The second-order valence-corrected chi connectivity index (χ2v) is 16.4. The van der Waals surface area contributed by atoms with E-state index in [1.165, 1.54) is 6.92 Å². The first kappa shape index (κ1) is 68.3. The van der Waals surface area contributed by atoms with Crippen LogP contribution in [0.5, 0.6) is 0 Å². The molecule has 0 aliphatic rings. The predicted molar refractivity (Wildman–Crippen MR) is 151 cm³/mol. The summed E-state index contributed by atoms with van der Waals surface area (Å²) in [6.07, 6.45) is -30.5. The molecule has 0 aliphatic heterocycles. The van der Waals surface area contributed by atoms with E-state index in [1.807, 2.05) is 0 Å². The van der Waals surface area contributed by atoms with Crippen LogP contribution < -0.4 is 0 Å². The summed E-state index contributed by atoms with van der Waals surface area (Å²) in [6, 6.07) is 0. The second-order valence-electron chi connectivity index (χ2n) is 11.7. The van der Waals surface area contributed by atoms with E-state index in [0.29, 0.717) is 0 Å². The van der Waals surface area contributed by atoms with Crippen molar-refractivity contribution < 1.29 is 173 Å². The van der Waals surface area contributed by atoms with Gasteiger partial charge in [-0.1, -0.05) is 0 Å². The molecule has 42 heteroatoms. The molecule has 0 aliphatic carbocycles. The largest absolute Gasteiger partial charge is 0.460 e. The first-order valence-electron chi connectivity index (χ1n) is 14.5. The number of aliphatic hydroxyl groups excluding tert-OH is 3. The fraction of sp³-hybridized carbons (Fsp3) is 1.00. The van der Waals surface area contributed by atoms with Gasteiger partial charge in [0.05, 0.1) is 30.0 Å². The Morgan fingerprint density at radius 2 is 0.516 bits per heavy atom. The summed E-state index contributed by atoms with van der Waals surface area (Å²) in [5.74, 6) is -66.1. The molecule has 392 valence electrons. The minimum atomic E-state index is -7.07. The molecular weight excluding hydrogens is 1070 g/mol. The fourth-order valence-corrected chi connectivity index (χ4v) is 4.16.